The molecule has 10 heteroatoms. The van der Waals surface area contributed by atoms with Crippen LogP contribution in [0.5, 0.6) is 5.75 Å². The number of rotatable bonds is 4. The molecule has 0 bridgehead atoms. The molecule has 0 unspecified atom stereocenters. The quantitative estimate of drug-likeness (QED) is 0.649. The highest BCUT2D eigenvalue weighted by Crippen LogP contribution is 2.36. The van der Waals surface area contributed by atoms with E-state index in [2.05, 4.69) is 0 Å². The fourth-order valence-electron chi connectivity index (χ4n) is 2.54. The fourth-order valence-corrected chi connectivity index (χ4v) is 3.68. The van der Waals surface area contributed by atoms with Crippen molar-refractivity contribution in [2.24, 2.45) is 0 Å². The molecule has 0 spiro atoms. The second kappa shape index (κ2) is 6.06. The number of carbonyl (C=O) groups excluding carboxylic acids is 1. The van der Waals surface area contributed by atoms with Gasteiger partial charge < -0.3 is 4.74 Å². The average molecular weight is 363 g/mol. The van der Waals surface area contributed by atoms with Gasteiger partial charge >= 0.3 is 10.2 Å². The standard InChI is InChI=1S/C15H13N3O6S/c1-24-14-6-5-11(17-9-15(19)16-25(17,22)23)8-13(14)10-3-2-4-12(7-10)18(20)21/h2-8H,9H2,1H3,(H,16,19). The van der Waals surface area contributed by atoms with Crippen molar-refractivity contribution in [2.75, 3.05) is 18.0 Å². The minimum atomic E-state index is -3.94. The first-order chi connectivity index (χ1) is 11.8. The van der Waals surface area contributed by atoms with Gasteiger partial charge in [-0.05, 0) is 23.8 Å². The third-order valence-corrected chi connectivity index (χ3v) is 5.07. The van der Waals surface area contributed by atoms with Crippen LogP contribution in [-0.4, -0.2) is 32.9 Å². The molecule has 1 saturated heterocycles. The molecule has 1 heterocycles. The van der Waals surface area contributed by atoms with Crippen molar-refractivity contribution in [2.45, 2.75) is 0 Å². The van der Waals surface area contributed by atoms with E-state index in [4.69, 9.17) is 4.74 Å². The minimum absolute atomic E-state index is 0.101. The normalized spacial score (nSPS) is 15.7. The van der Waals surface area contributed by atoms with Crippen LogP contribution in [0.4, 0.5) is 11.4 Å². The topological polar surface area (TPSA) is 119 Å². The maximum Gasteiger partial charge on any atom is 0.326 e. The van der Waals surface area contributed by atoms with E-state index in [0.717, 1.165) is 4.31 Å². The number of hydrogen-bond donors (Lipinski definition) is 1. The zero-order valence-electron chi connectivity index (χ0n) is 13.0. The summed E-state index contributed by atoms with van der Waals surface area (Å²) in [7, 11) is -2.51. The number of nitrogens with one attached hydrogen (secondary N) is 1. The molecule has 3 rings (SSSR count). The molecule has 1 aliphatic heterocycles. The maximum absolute atomic E-state index is 12.0. The summed E-state index contributed by atoms with van der Waals surface area (Å²) in [4.78, 5) is 21.9. The fraction of sp³-hybridized carbons (Fsp3) is 0.133. The summed E-state index contributed by atoms with van der Waals surface area (Å²) in [5.74, 6) is -0.215. The summed E-state index contributed by atoms with van der Waals surface area (Å²) in [5, 5.41) is 11.0. The highest BCUT2D eigenvalue weighted by atomic mass is 32.2. The van der Waals surface area contributed by atoms with Gasteiger partial charge in [0.25, 0.3) is 11.6 Å². The van der Waals surface area contributed by atoms with Gasteiger partial charge in [0.1, 0.15) is 12.3 Å². The van der Waals surface area contributed by atoms with Gasteiger partial charge in [0.05, 0.1) is 17.7 Å². The van der Waals surface area contributed by atoms with E-state index in [1.807, 2.05) is 4.72 Å². The highest BCUT2D eigenvalue weighted by molar-refractivity contribution is 7.92. The van der Waals surface area contributed by atoms with Crippen LogP contribution < -0.4 is 13.8 Å². The van der Waals surface area contributed by atoms with Crippen LogP contribution in [0, 0.1) is 10.1 Å². The molecule has 0 aromatic heterocycles. The van der Waals surface area contributed by atoms with Crippen LogP contribution >= 0.6 is 0 Å². The second-order valence-electron chi connectivity index (χ2n) is 5.23. The van der Waals surface area contributed by atoms with Crippen LogP contribution in [0.3, 0.4) is 0 Å². The van der Waals surface area contributed by atoms with Gasteiger partial charge in [0, 0.05) is 17.7 Å². The third kappa shape index (κ3) is 3.11. The Morgan fingerprint density at radius 2 is 2.00 bits per heavy atom. The number of hydrogen-bond acceptors (Lipinski definition) is 6. The second-order valence-corrected chi connectivity index (χ2v) is 6.82. The number of amides is 1. The first kappa shape index (κ1) is 16.7. The molecule has 130 valence electrons. The van der Waals surface area contributed by atoms with Gasteiger partial charge in [-0.15, -0.1) is 0 Å². The van der Waals surface area contributed by atoms with Crippen molar-refractivity contribution in [3.8, 4) is 16.9 Å². The van der Waals surface area contributed by atoms with Gasteiger partial charge in [-0.25, -0.2) is 9.03 Å². The molecule has 0 radical (unpaired) electrons. The Balaban J connectivity index is 2.12. The van der Waals surface area contributed by atoms with E-state index in [-0.39, 0.29) is 17.9 Å². The lowest BCUT2D eigenvalue weighted by Gasteiger charge is -2.17. The van der Waals surface area contributed by atoms with E-state index >= 15 is 0 Å². The van der Waals surface area contributed by atoms with Gasteiger partial charge in [-0.3, -0.25) is 14.9 Å². The summed E-state index contributed by atoms with van der Waals surface area (Å²) >= 11 is 0. The predicted molar refractivity (Wildman–Crippen MR) is 89.5 cm³/mol. The molecule has 0 saturated carbocycles. The number of carbonyl (C=O) groups is 1. The van der Waals surface area contributed by atoms with Crippen LogP contribution in [0.1, 0.15) is 0 Å². The number of methoxy groups -OCH3 is 1. The predicted octanol–water partition coefficient (Wildman–Crippen LogP) is 1.45. The molecule has 1 aliphatic rings. The number of nitro groups is 1. The van der Waals surface area contributed by atoms with Crippen LogP contribution in [0.25, 0.3) is 11.1 Å². The first-order valence-electron chi connectivity index (χ1n) is 7.08. The number of ether oxygens (including phenoxy) is 1. The molecular weight excluding hydrogens is 350 g/mol. The van der Waals surface area contributed by atoms with E-state index in [0.29, 0.717) is 16.9 Å². The Morgan fingerprint density at radius 3 is 2.60 bits per heavy atom. The number of anilines is 1. The van der Waals surface area contributed by atoms with Gasteiger partial charge in [-0.2, -0.15) is 8.42 Å². The van der Waals surface area contributed by atoms with Crippen molar-refractivity contribution in [3.63, 3.8) is 0 Å². The molecule has 2 aromatic carbocycles. The largest absolute Gasteiger partial charge is 0.496 e. The first-order valence-corrected chi connectivity index (χ1v) is 8.52. The summed E-state index contributed by atoms with van der Waals surface area (Å²) in [6.45, 7) is -0.330. The molecule has 1 fully saturated rings. The van der Waals surface area contributed by atoms with Crippen LogP contribution in [0.2, 0.25) is 0 Å². The summed E-state index contributed by atoms with van der Waals surface area (Å²) in [6.07, 6.45) is 0. The van der Waals surface area contributed by atoms with Crippen molar-refractivity contribution in [1.82, 2.24) is 4.72 Å². The van der Waals surface area contributed by atoms with Crippen molar-refractivity contribution in [3.05, 3.63) is 52.6 Å². The minimum Gasteiger partial charge on any atom is -0.496 e. The maximum atomic E-state index is 12.0. The molecular formula is C15H13N3O6S. The Kier molecular flexibility index (Phi) is 4.05. The molecule has 9 nitrogen and oxygen atoms in total. The van der Waals surface area contributed by atoms with Gasteiger partial charge in [-0.1, -0.05) is 12.1 Å². The van der Waals surface area contributed by atoms with Gasteiger partial charge in [0.15, 0.2) is 0 Å². The van der Waals surface area contributed by atoms with Crippen LogP contribution in [0.15, 0.2) is 42.5 Å². The zero-order chi connectivity index (χ0) is 18.2. The monoisotopic (exact) mass is 363 g/mol. The molecule has 0 atom stereocenters. The van der Waals surface area contributed by atoms with Crippen molar-refractivity contribution >= 4 is 27.5 Å². The molecule has 0 aliphatic carbocycles. The summed E-state index contributed by atoms with van der Waals surface area (Å²) in [5.41, 5.74) is 1.11. The lowest BCUT2D eigenvalue weighted by atomic mass is 10.0. The smallest absolute Gasteiger partial charge is 0.326 e. The Bertz CT molecular complexity index is 973. The SMILES string of the molecule is COc1ccc(N2CC(=O)NS2(=O)=O)cc1-c1cccc([N+](=O)[O-])c1. The van der Waals surface area contributed by atoms with Crippen molar-refractivity contribution < 1.29 is 22.9 Å². The van der Waals surface area contributed by atoms with E-state index < -0.39 is 21.0 Å². The summed E-state index contributed by atoms with van der Waals surface area (Å²) in [6, 6.07) is 10.4. The molecule has 25 heavy (non-hydrogen) atoms. The number of benzene rings is 2. The van der Waals surface area contributed by atoms with Crippen molar-refractivity contribution in [1.29, 1.82) is 0 Å². The van der Waals surface area contributed by atoms with E-state index in [9.17, 15) is 23.3 Å². The summed E-state index contributed by atoms with van der Waals surface area (Å²) < 4.78 is 32.1. The van der Waals surface area contributed by atoms with Gasteiger partial charge in [0.2, 0.25) is 0 Å². The zero-order valence-corrected chi connectivity index (χ0v) is 13.8. The Morgan fingerprint density at radius 1 is 1.24 bits per heavy atom. The number of non-ortho nitro benzene ring substituents is 1. The Labute approximate surface area is 143 Å². The Hall–Kier alpha value is -3.14. The van der Waals surface area contributed by atoms with Crippen LogP contribution in [-0.2, 0) is 15.0 Å². The van der Waals surface area contributed by atoms with E-state index in [1.165, 1.54) is 37.4 Å². The number of nitrogens with zero attached hydrogens (tertiary/aromatic N) is 2. The van der Waals surface area contributed by atoms with E-state index in [1.54, 1.807) is 12.1 Å². The third-order valence-electron chi connectivity index (χ3n) is 3.66. The highest BCUT2D eigenvalue weighted by Gasteiger charge is 2.34. The molecule has 1 amide bonds. The lowest BCUT2D eigenvalue weighted by molar-refractivity contribution is -0.384. The average Bonchev–Trinajstić information content (AvgIpc) is 2.86. The lowest BCUT2D eigenvalue weighted by Crippen LogP contribution is -2.29. The number of nitro benzene ring substituents is 1. The molecule has 2 aromatic rings. The molecule has 1 N–H and O–H groups in total.